The van der Waals surface area contributed by atoms with Crippen LogP contribution in [0, 0.1) is 11.8 Å². The Balaban J connectivity index is 1.86. The van der Waals surface area contributed by atoms with Crippen LogP contribution < -0.4 is 5.73 Å². The Morgan fingerprint density at radius 2 is 2.11 bits per heavy atom. The van der Waals surface area contributed by atoms with E-state index >= 15 is 0 Å². The maximum atomic E-state index is 6.02. The molecule has 0 atom stereocenters. The van der Waals surface area contributed by atoms with Gasteiger partial charge in [0.1, 0.15) is 5.52 Å². The third-order valence-electron chi connectivity index (χ3n) is 4.16. The molecular weight excluding hydrogens is 260 g/mol. The highest BCUT2D eigenvalue weighted by atomic mass is 35.5. The van der Waals surface area contributed by atoms with E-state index in [9.17, 15) is 0 Å². The maximum absolute atomic E-state index is 6.02. The molecular formula is C14H19ClN4. The molecule has 0 aliphatic heterocycles. The summed E-state index contributed by atoms with van der Waals surface area (Å²) in [6.45, 7) is 3.25. The number of imidazole rings is 1. The topological polar surface area (TPSA) is 56.7 Å². The van der Waals surface area contributed by atoms with Crippen LogP contribution in [0.2, 0.25) is 5.02 Å². The summed E-state index contributed by atoms with van der Waals surface area (Å²) < 4.78 is 2.03. The number of aromatic nitrogens is 3. The molecule has 2 N–H and O–H groups in total. The molecule has 1 saturated carbocycles. The molecule has 0 bridgehead atoms. The highest BCUT2D eigenvalue weighted by molar-refractivity contribution is 6.31. The van der Waals surface area contributed by atoms with Gasteiger partial charge in [0.15, 0.2) is 5.65 Å². The molecule has 0 spiro atoms. The molecule has 0 unspecified atom stereocenters. The number of hydrogen-bond acceptors (Lipinski definition) is 3. The molecule has 4 nitrogen and oxygen atoms in total. The van der Waals surface area contributed by atoms with Gasteiger partial charge in [-0.05, 0) is 30.7 Å². The first-order valence-corrected chi connectivity index (χ1v) is 7.28. The number of rotatable bonds is 2. The monoisotopic (exact) mass is 278 g/mol. The minimum absolute atomic E-state index is 0.545. The first-order chi connectivity index (χ1) is 9.13. The smallest absolute Gasteiger partial charge is 0.202 e. The molecule has 1 aliphatic carbocycles. The molecule has 19 heavy (non-hydrogen) atoms. The van der Waals surface area contributed by atoms with E-state index in [0.29, 0.717) is 16.9 Å². The minimum Gasteiger partial charge on any atom is -0.369 e. The van der Waals surface area contributed by atoms with Gasteiger partial charge in [-0.3, -0.25) is 4.57 Å². The molecule has 2 aromatic rings. The van der Waals surface area contributed by atoms with Gasteiger partial charge in [0.25, 0.3) is 0 Å². The van der Waals surface area contributed by atoms with Gasteiger partial charge in [0, 0.05) is 12.7 Å². The SMILES string of the molecule is CC1CCC(Cn2c(N)nc3cc(Cl)cnc32)CC1. The Bertz CT molecular complexity index is 584. The minimum atomic E-state index is 0.545. The summed E-state index contributed by atoms with van der Waals surface area (Å²) >= 11 is 5.94. The molecule has 3 rings (SSSR count). The maximum Gasteiger partial charge on any atom is 0.202 e. The Morgan fingerprint density at radius 1 is 1.37 bits per heavy atom. The van der Waals surface area contributed by atoms with Gasteiger partial charge in [0.05, 0.1) is 5.02 Å². The van der Waals surface area contributed by atoms with E-state index in [0.717, 1.165) is 23.6 Å². The van der Waals surface area contributed by atoms with Crippen molar-refractivity contribution in [2.24, 2.45) is 11.8 Å². The van der Waals surface area contributed by atoms with Crippen molar-refractivity contribution in [1.29, 1.82) is 0 Å². The number of halogens is 1. The fourth-order valence-corrected chi connectivity index (χ4v) is 3.11. The zero-order chi connectivity index (χ0) is 13.4. The lowest BCUT2D eigenvalue weighted by atomic mass is 9.83. The van der Waals surface area contributed by atoms with Crippen LogP contribution in [0.25, 0.3) is 11.2 Å². The Morgan fingerprint density at radius 3 is 2.84 bits per heavy atom. The van der Waals surface area contributed by atoms with Crippen molar-refractivity contribution in [3.05, 3.63) is 17.3 Å². The van der Waals surface area contributed by atoms with E-state index in [4.69, 9.17) is 17.3 Å². The quantitative estimate of drug-likeness (QED) is 0.915. The largest absolute Gasteiger partial charge is 0.369 e. The zero-order valence-electron chi connectivity index (χ0n) is 11.1. The van der Waals surface area contributed by atoms with Crippen LogP contribution in [0.15, 0.2) is 12.3 Å². The van der Waals surface area contributed by atoms with Crippen LogP contribution in [-0.4, -0.2) is 14.5 Å². The molecule has 0 aromatic carbocycles. The van der Waals surface area contributed by atoms with Crippen LogP contribution in [0.1, 0.15) is 32.6 Å². The van der Waals surface area contributed by atoms with Crippen LogP contribution in [-0.2, 0) is 6.54 Å². The van der Waals surface area contributed by atoms with Gasteiger partial charge in [-0.1, -0.05) is 31.4 Å². The molecule has 2 heterocycles. The van der Waals surface area contributed by atoms with Gasteiger partial charge in [-0.25, -0.2) is 9.97 Å². The third kappa shape index (κ3) is 2.54. The summed E-state index contributed by atoms with van der Waals surface area (Å²) in [7, 11) is 0. The van der Waals surface area contributed by atoms with Crippen LogP contribution >= 0.6 is 11.6 Å². The standard InChI is InChI=1S/C14H19ClN4/c1-9-2-4-10(5-3-9)8-19-13-12(18-14(19)16)6-11(15)7-17-13/h6-7,9-10H,2-5,8H2,1H3,(H2,16,18). The molecule has 0 amide bonds. The van der Waals surface area contributed by atoms with Gasteiger partial charge in [-0.2, -0.15) is 0 Å². The highest BCUT2D eigenvalue weighted by Crippen LogP contribution is 2.31. The van der Waals surface area contributed by atoms with Crippen molar-refractivity contribution in [3.8, 4) is 0 Å². The summed E-state index contributed by atoms with van der Waals surface area (Å²) in [6, 6.07) is 1.82. The molecule has 2 aromatic heterocycles. The van der Waals surface area contributed by atoms with E-state index in [1.54, 1.807) is 6.20 Å². The third-order valence-corrected chi connectivity index (χ3v) is 4.36. The second kappa shape index (κ2) is 5.00. The van der Waals surface area contributed by atoms with E-state index in [-0.39, 0.29) is 0 Å². The zero-order valence-corrected chi connectivity index (χ0v) is 11.9. The van der Waals surface area contributed by atoms with Gasteiger partial charge in [-0.15, -0.1) is 0 Å². The summed E-state index contributed by atoms with van der Waals surface area (Å²) in [6.07, 6.45) is 6.83. The Labute approximate surface area is 118 Å². The summed E-state index contributed by atoms with van der Waals surface area (Å²) in [5.74, 6) is 2.10. The number of nitrogens with two attached hydrogens (primary N) is 1. The predicted molar refractivity (Wildman–Crippen MR) is 78.1 cm³/mol. The van der Waals surface area contributed by atoms with Crippen molar-refractivity contribution in [3.63, 3.8) is 0 Å². The highest BCUT2D eigenvalue weighted by Gasteiger charge is 2.20. The summed E-state index contributed by atoms with van der Waals surface area (Å²) in [4.78, 5) is 8.72. The number of anilines is 1. The Kier molecular flexibility index (Phi) is 3.35. The average molecular weight is 279 g/mol. The molecule has 5 heteroatoms. The Hall–Kier alpha value is -1.29. The van der Waals surface area contributed by atoms with E-state index in [1.807, 2.05) is 10.6 Å². The fourth-order valence-electron chi connectivity index (χ4n) is 2.95. The van der Waals surface area contributed by atoms with Crippen molar-refractivity contribution >= 4 is 28.7 Å². The second-order valence-electron chi connectivity index (χ2n) is 5.70. The number of pyridine rings is 1. The van der Waals surface area contributed by atoms with Crippen molar-refractivity contribution < 1.29 is 0 Å². The lowest BCUT2D eigenvalue weighted by molar-refractivity contribution is 0.267. The molecule has 102 valence electrons. The summed E-state index contributed by atoms with van der Waals surface area (Å²) in [5, 5.41) is 0.601. The van der Waals surface area contributed by atoms with Crippen LogP contribution in [0.3, 0.4) is 0 Å². The van der Waals surface area contributed by atoms with Crippen molar-refractivity contribution in [2.75, 3.05) is 5.73 Å². The van der Waals surface area contributed by atoms with Crippen molar-refractivity contribution in [1.82, 2.24) is 14.5 Å². The van der Waals surface area contributed by atoms with E-state index in [1.165, 1.54) is 25.7 Å². The van der Waals surface area contributed by atoms with Gasteiger partial charge in [0.2, 0.25) is 5.95 Å². The predicted octanol–water partition coefficient (Wildman–Crippen LogP) is 3.49. The van der Waals surface area contributed by atoms with Crippen LogP contribution in [0.5, 0.6) is 0 Å². The number of fused-ring (bicyclic) bond motifs is 1. The van der Waals surface area contributed by atoms with Crippen LogP contribution in [0.4, 0.5) is 5.95 Å². The first kappa shape index (κ1) is 12.7. The van der Waals surface area contributed by atoms with Gasteiger partial charge < -0.3 is 5.73 Å². The van der Waals surface area contributed by atoms with Crippen molar-refractivity contribution in [2.45, 2.75) is 39.2 Å². The van der Waals surface area contributed by atoms with E-state index in [2.05, 4.69) is 16.9 Å². The second-order valence-corrected chi connectivity index (χ2v) is 6.14. The lowest BCUT2D eigenvalue weighted by Gasteiger charge is -2.26. The van der Waals surface area contributed by atoms with E-state index < -0.39 is 0 Å². The number of nitrogen functional groups attached to an aromatic ring is 1. The normalized spacial score (nSPS) is 23.9. The molecule has 1 aliphatic rings. The molecule has 1 fully saturated rings. The lowest BCUT2D eigenvalue weighted by Crippen LogP contribution is -2.18. The fraction of sp³-hybridized carbons (Fsp3) is 0.571. The average Bonchev–Trinajstić information content (AvgIpc) is 2.68. The molecule has 0 radical (unpaired) electrons. The first-order valence-electron chi connectivity index (χ1n) is 6.90. The molecule has 0 saturated heterocycles. The number of nitrogens with zero attached hydrogens (tertiary/aromatic N) is 3. The summed E-state index contributed by atoms with van der Waals surface area (Å²) in [5.41, 5.74) is 7.65. The number of hydrogen-bond donors (Lipinski definition) is 1. The van der Waals surface area contributed by atoms with Gasteiger partial charge >= 0.3 is 0 Å².